The van der Waals surface area contributed by atoms with E-state index >= 15 is 0 Å². The number of nitrogens with zero attached hydrogens (tertiary/aromatic N) is 4. The maximum Gasteiger partial charge on any atom is 0.453 e. The molecule has 1 aromatic carbocycles. The van der Waals surface area contributed by atoms with Crippen LogP contribution in [0.25, 0.3) is 5.78 Å². The van der Waals surface area contributed by atoms with Crippen LogP contribution in [0.2, 0.25) is 0 Å². The molecule has 0 radical (unpaired) electrons. The number of carbonyl (C=O) groups excluding carboxylic acids is 1. The molecule has 27 heavy (non-hydrogen) atoms. The van der Waals surface area contributed by atoms with Crippen molar-refractivity contribution >= 4 is 17.4 Å². The third kappa shape index (κ3) is 3.99. The quantitative estimate of drug-likeness (QED) is 0.727. The van der Waals surface area contributed by atoms with Gasteiger partial charge < -0.3 is 10.4 Å². The van der Waals surface area contributed by atoms with Gasteiger partial charge >= 0.3 is 6.18 Å². The number of aromatic nitrogens is 4. The Labute approximate surface area is 151 Å². The van der Waals surface area contributed by atoms with E-state index in [-0.39, 0.29) is 30.3 Å². The fourth-order valence-electron chi connectivity index (χ4n) is 2.74. The number of fused-ring (bicyclic) bond motifs is 1. The van der Waals surface area contributed by atoms with Crippen molar-refractivity contribution in [3.63, 3.8) is 0 Å². The lowest BCUT2D eigenvalue weighted by Crippen LogP contribution is -2.14. The molecule has 3 aromatic rings. The SMILES string of the molecule is Cc1nc2nc(C(F)(F)F)nn2c(C)c1CCC(=O)Nc1cccc(O)c1. The minimum Gasteiger partial charge on any atom is -0.508 e. The number of aromatic hydroxyl groups is 1. The zero-order valence-electron chi connectivity index (χ0n) is 14.5. The molecule has 2 aromatic heterocycles. The average Bonchev–Trinajstić information content (AvgIpc) is 2.99. The molecule has 0 aliphatic rings. The Bertz CT molecular complexity index is 1010. The second kappa shape index (κ2) is 6.86. The number of carbonyl (C=O) groups is 1. The zero-order chi connectivity index (χ0) is 19.8. The topological polar surface area (TPSA) is 92.4 Å². The highest BCUT2D eigenvalue weighted by Gasteiger charge is 2.36. The molecule has 2 heterocycles. The van der Waals surface area contributed by atoms with Crippen molar-refractivity contribution in [3.05, 3.63) is 47.0 Å². The van der Waals surface area contributed by atoms with Crippen molar-refractivity contribution < 1.29 is 23.1 Å². The number of alkyl halides is 3. The van der Waals surface area contributed by atoms with Crippen molar-refractivity contribution in [2.75, 3.05) is 5.32 Å². The molecule has 3 rings (SSSR count). The van der Waals surface area contributed by atoms with E-state index < -0.39 is 12.0 Å². The minimum atomic E-state index is -4.66. The van der Waals surface area contributed by atoms with Gasteiger partial charge in [-0.15, -0.1) is 5.10 Å². The third-order valence-electron chi connectivity index (χ3n) is 4.03. The molecule has 0 spiro atoms. The number of hydrogen-bond acceptors (Lipinski definition) is 5. The summed E-state index contributed by atoms with van der Waals surface area (Å²) in [6.07, 6.45) is -4.30. The first-order valence-corrected chi connectivity index (χ1v) is 8.04. The molecule has 0 aliphatic carbocycles. The van der Waals surface area contributed by atoms with E-state index in [0.29, 0.717) is 22.6 Å². The van der Waals surface area contributed by atoms with Gasteiger partial charge in [-0.1, -0.05) is 6.07 Å². The van der Waals surface area contributed by atoms with Crippen LogP contribution < -0.4 is 5.32 Å². The molecule has 142 valence electrons. The van der Waals surface area contributed by atoms with Gasteiger partial charge in [0, 0.05) is 29.6 Å². The normalized spacial score (nSPS) is 11.7. The lowest BCUT2D eigenvalue weighted by Gasteiger charge is -2.10. The second-order valence-electron chi connectivity index (χ2n) is 6.00. The number of hydrogen-bond donors (Lipinski definition) is 2. The fraction of sp³-hybridized carbons (Fsp3) is 0.294. The van der Waals surface area contributed by atoms with Gasteiger partial charge in [-0.3, -0.25) is 4.79 Å². The number of halogens is 3. The maximum atomic E-state index is 12.8. The molecule has 7 nitrogen and oxygen atoms in total. The average molecular weight is 379 g/mol. The predicted octanol–water partition coefficient (Wildman–Crippen LogP) is 3.04. The Morgan fingerprint density at radius 2 is 2.00 bits per heavy atom. The summed E-state index contributed by atoms with van der Waals surface area (Å²) >= 11 is 0. The number of aryl methyl sites for hydroxylation is 2. The largest absolute Gasteiger partial charge is 0.508 e. The first-order valence-electron chi connectivity index (χ1n) is 8.04. The highest BCUT2D eigenvalue weighted by atomic mass is 19.4. The summed E-state index contributed by atoms with van der Waals surface area (Å²) in [4.78, 5) is 19.6. The number of amides is 1. The standard InChI is InChI=1S/C17H16F3N5O2/c1-9-13(6-7-14(27)22-11-4-3-5-12(26)8-11)10(2)25-16(21-9)23-15(24-25)17(18,19)20/h3-5,8,26H,6-7H2,1-2H3,(H,22,27). The van der Waals surface area contributed by atoms with Crippen LogP contribution in [0.5, 0.6) is 5.75 Å². The number of nitrogens with one attached hydrogen (secondary N) is 1. The molecular formula is C17H16F3N5O2. The van der Waals surface area contributed by atoms with Crippen LogP contribution >= 0.6 is 0 Å². The van der Waals surface area contributed by atoms with Gasteiger partial charge in [0.05, 0.1) is 0 Å². The van der Waals surface area contributed by atoms with Crippen LogP contribution in [-0.4, -0.2) is 30.6 Å². The minimum absolute atomic E-state index is 0.0285. The van der Waals surface area contributed by atoms with Crippen LogP contribution in [0.15, 0.2) is 24.3 Å². The van der Waals surface area contributed by atoms with E-state index in [1.165, 1.54) is 12.1 Å². The van der Waals surface area contributed by atoms with E-state index in [4.69, 9.17) is 0 Å². The van der Waals surface area contributed by atoms with Gasteiger partial charge in [-0.2, -0.15) is 18.2 Å². The van der Waals surface area contributed by atoms with Crippen molar-refractivity contribution in [2.45, 2.75) is 32.9 Å². The predicted molar refractivity (Wildman–Crippen MR) is 90.3 cm³/mol. The lowest BCUT2D eigenvalue weighted by molar-refractivity contribution is -0.144. The van der Waals surface area contributed by atoms with Gasteiger partial charge in [-0.25, -0.2) is 9.50 Å². The van der Waals surface area contributed by atoms with Gasteiger partial charge in [0.2, 0.25) is 5.91 Å². The van der Waals surface area contributed by atoms with E-state index in [0.717, 1.165) is 4.52 Å². The fourth-order valence-corrected chi connectivity index (χ4v) is 2.74. The number of phenols is 1. The third-order valence-corrected chi connectivity index (χ3v) is 4.03. The van der Waals surface area contributed by atoms with Gasteiger partial charge in [-0.05, 0) is 38.0 Å². The van der Waals surface area contributed by atoms with E-state index in [2.05, 4.69) is 20.4 Å². The Balaban J connectivity index is 1.79. The van der Waals surface area contributed by atoms with Gasteiger partial charge in [0.15, 0.2) is 0 Å². The monoisotopic (exact) mass is 379 g/mol. The zero-order valence-corrected chi connectivity index (χ0v) is 14.5. The molecule has 0 bridgehead atoms. The lowest BCUT2D eigenvalue weighted by atomic mass is 10.1. The highest BCUT2D eigenvalue weighted by Crippen LogP contribution is 2.27. The molecular weight excluding hydrogens is 363 g/mol. The second-order valence-corrected chi connectivity index (χ2v) is 6.00. The van der Waals surface area contributed by atoms with E-state index in [1.54, 1.807) is 26.0 Å². The molecule has 0 unspecified atom stereocenters. The highest BCUT2D eigenvalue weighted by molar-refractivity contribution is 5.91. The number of anilines is 1. The molecule has 2 N–H and O–H groups in total. The first-order chi connectivity index (χ1) is 12.6. The summed E-state index contributed by atoms with van der Waals surface area (Å²) < 4.78 is 39.5. The molecule has 0 fully saturated rings. The Morgan fingerprint density at radius 3 is 2.67 bits per heavy atom. The smallest absolute Gasteiger partial charge is 0.453 e. The van der Waals surface area contributed by atoms with Crippen LogP contribution in [0.4, 0.5) is 18.9 Å². The maximum absolute atomic E-state index is 12.8. The first kappa shape index (κ1) is 18.6. The van der Waals surface area contributed by atoms with Crippen LogP contribution in [0.1, 0.15) is 29.2 Å². The van der Waals surface area contributed by atoms with Crippen LogP contribution in [0.3, 0.4) is 0 Å². The Hall–Kier alpha value is -3.17. The summed E-state index contributed by atoms with van der Waals surface area (Å²) in [7, 11) is 0. The molecule has 0 aliphatic heterocycles. The van der Waals surface area contributed by atoms with Gasteiger partial charge in [0.1, 0.15) is 5.75 Å². The molecule has 1 amide bonds. The van der Waals surface area contributed by atoms with Crippen molar-refractivity contribution in [1.82, 2.24) is 19.6 Å². The number of benzene rings is 1. The summed E-state index contributed by atoms with van der Waals surface area (Å²) in [6, 6.07) is 6.13. The summed E-state index contributed by atoms with van der Waals surface area (Å²) in [5.41, 5.74) is 2.03. The van der Waals surface area contributed by atoms with Crippen molar-refractivity contribution in [3.8, 4) is 5.75 Å². The van der Waals surface area contributed by atoms with Crippen LogP contribution in [0, 0.1) is 13.8 Å². The molecule has 10 heteroatoms. The summed E-state index contributed by atoms with van der Waals surface area (Å²) in [5.74, 6) is -1.66. The number of phenolic OH excluding ortho intramolecular Hbond substituents is 1. The summed E-state index contributed by atoms with van der Waals surface area (Å²) in [6.45, 7) is 3.26. The molecule has 0 saturated heterocycles. The number of rotatable bonds is 4. The Morgan fingerprint density at radius 1 is 1.26 bits per heavy atom. The molecule has 0 saturated carbocycles. The molecule has 0 atom stereocenters. The summed E-state index contributed by atoms with van der Waals surface area (Å²) in [5, 5.41) is 15.5. The van der Waals surface area contributed by atoms with E-state index in [9.17, 15) is 23.1 Å². The van der Waals surface area contributed by atoms with E-state index in [1.807, 2.05) is 0 Å². The van der Waals surface area contributed by atoms with Gasteiger partial charge in [0.25, 0.3) is 11.6 Å². The van der Waals surface area contributed by atoms with Crippen LogP contribution in [-0.2, 0) is 17.4 Å². The Kier molecular flexibility index (Phi) is 4.73. The van der Waals surface area contributed by atoms with Crippen molar-refractivity contribution in [1.29, 1.82) is 0 Å². The van der Waals surface area contributed by atoms with Crippen molar-refractivity contribution in [2.24, 2.45) is 0 Å².